The molecule has 1 N–H and O–H groups in total. The molecule has 0 aromatic heterocycles. The number of amides is 1. The zero-order chi connectivity index (χ0) is 17.0. The molecular formula is C20H25NO2. The van der Waals surface area contributed by atoms with E-state index in [4.69, 9.17) is 4.74 Å². The molecule has 0 saturated heterocycles. The Morgan fingerprint density at radius 2 is 1.65 bits per heavy atom. The van der Waals surface area contributed by atoms with Gasteiger partial charge in [-0.2, -0.15) is 0 Å². The predicted molar refractivity (Wildman–Crippen MR) is 95.2 cm³/mol. The van der Waals surface area contributed by atoms with E-state index in [2.05, 4.69) is 12.2 Å². The molecule has 3 heteroatoms. The number of para-hydroxylation sites is 1. The van der Waals surface area contributed by atoms with Crippen LogP contribution in [0.2, 0.25) is 0 Å². The summed E-state index contributed by atoms with van der Waals surface area (Å²) in [6, 6.07) is 11.9. The van der Waals surface area contributed by atoms with Crippen molar-refractivity contribution >= 4 is 11.6 Å². The molecule has 0 aliphatic heterocycles. The van der Waals surface area contributed by atoms with E-state index in [9.17, 15) is 4.79 Å². The zero-order valence-electron chi connectivity index (χ0n) is 14.6. The van der Waals surface area contributed by atoms with Gasteiger partial charge in [-0.25, -0.2) is 0 Å². The Balaban J connectivity index is 2.13. The van der Waals surface area contributed by atoms with Crippen molar-refractivity contribution in [3.8, 4) is 5.75 Å². The maximum atomic E-state index is 12.6. The van der Waals surface area contributed by atoms with Gasteiger partial charge in [-0.1, -0.05) is 31.2 Å². The number of nitrogens with one attached hydrogen (secondary N) is 1. The SMILES string of the molecule is CC[C@H](Oc1ccc(C)c(C)c1)C(=O)Nc1c(C)cccc1C. The summed E-state index contributed by atoms with van der Waals surface area (Å²) in [5, 5.41) is 3.01. The highest BCUT2D eigenvalue weighted by Gasteiger charge is 2.20. The highest BCUT2D eigenvalue weighted by atomic mass is 16.5. The molecule has 0 unspecified atom stereocenters. The highest BCUT2D eigenvalue weighted by Crippen LogP contribution is 2.22. The average molecular weight is 311 g/mol. The lowest BCUT2D eigenvalue weighted by atomic mass is 10.1. The minimum atomic E-state index is -0.504. The molecule has 23 heavy (non-hydrogen) atoms. The van der Waals surface area contributed by atoms with Crippen molar-refractivity contribution in [2.45, 2.75) is 47.1 Å². The van der Waals surface area contributed by atoms with Gasteiger partial charge in [-0.15, -0.1) is 0 Å². The fourth-order valence-electron chi connectivity index (χ4n) is 2.49. The van der Waals surface area contributed by atoms with Crippen molar-refractivity contribution < 1.29 is 9.53 Å². The van der Waals surface area contributed by atoms with Crippen LogP contribution in [0.15, 0.2) is 36.4 Å². The van der Waals surface area contributed by atoms with Crippen LogP contribution in [0.1, 0.15) is 35.6 Å². The van der Waals surface area contributed by atoms with E-state index >= 15 is 0 Å². The molecule has 0 radical (unpaired) electrons. The van der Waals surface area contributed by atoms with Gasteiger partial charge in [0.15, 0.2) is 6.10 Å². The third kappa shape index (κ3) is 4.13. The number of anilines is 1. The van der Waals surface area contributed by atoms with Crippen molar-refractivity contribution in [2.75, 3.05) is 5.32 Å². The van der Waals surface area contributed by atoms with Gasteiger partial charge in [0.1, 0.15) is 5.75 Å². The predicted octanol–water partition coefficient (Wildman–Crippen LogP) is 4.72. The number of rotatable bonds is 5. The summed E-state index contributed by atoms with van der Waals surface area (Å²) in [4.78, 5) is 12.6. The number of ether oxygens (including phenoxy) is 1. The minimum Gasteiger partial charge on any atom is -0.481 e. The lowest BCUT2D eigenvalue weighted by Gasteiger charge is -2.19. The molecule has 3 nitrogen and oxygen atoms in total. The summed E-state index contributed by atoms with van der Waals surface area (Å²) in [6.45, 7) is 10.0. The summed E-state index contributed by atoms with van der Waals surface area (Å²) in [5.74, 6) is 0.625. The molecule has 2 aromatic rings. The molecule has 0 aliphatic rings. The number of hydrogen-bond donors (Lipinski definition) is 1. The second-order valence-corrected chi connectivity index (χ2v) is 6.02. The smallest absolute Gasteiger partial charge is 0.265 e. The van der Waals surface area contributed by atoms with Gasteiger partial charge in [-0.05, 0) is 68.5 Å². The standard InChI is InChI=1S/C20H25NO2/c1-6-18(23-17-11-10-13(2)16(5)12-17)20(22)21-19-14(3)8-7-9-15(19)4/h7-12,18H,6H2,1-5H3,(H,21,22)/t18-/m0/s1. The molecule has 0 bridgehead atoms. The lowest BCUT2D eigenvalue weighted by Crippen LogP contribution is -2.32. The molecule has 122 valence electrons. The molecule has 1 amide bonds. The molecule has 0 heterocycles. The van der Waals surface area contributed by atoms with Crippen LogP contribution in [0, 0.1) is 27.7 Å². The first-order valence-corrected chi connectivity index (χ1v) is 8.03. The Morgan fingerprint density at radius 3 is 2.22 bits per heavy atom. The van der Waals surface area contributed by atoms with E-state index in [1.807, 2.05) is 64.1 Å². The molecule has 2 rings (SSSR count). The molecule has 2 aromatic carbocycles. The third-order valence-electron chi connectivity index (χ3n) is 4.15. The minimum absolute atomic E-state index is 0.108. The van der Waals surface area contributed by atoms with Gasteiger partial charge in [0.05, 0.1) is 0 Å². The van der Waals surface area contributed by atoms with Gasteiger partial charge >= 0.3 is 0 Å². The topological polar surface area (TPSA) is 38.3 Å². The summed E-state index contributed by atoms with van der Waals surface area (Å²) >= 11 is 0. The summed E-state index contributed by atoms with van der Waals surface area (Å²) in [6.07, 6.45) is 0.111. The van der Waals surface area contributed by atoms with E-state index < -0.39 is 6.10 Å². The normalized spacial score (nSPS) is 11.9. The molecule has 0 aliphatic carbocycles. The Hall–Kier alpha value is -2.29. The largest absolute Gasteiger partial charge is 0.481 e. The first kappa shape index (κ1) is 17.1. The van der Waals surface area contributed by atoms with Crippen molar-refractivity contribution in [3.63, 3.8) is 0 Å². The van der Waals surface area contributed by atoms with Gasteiger partial charge in [0.25, 0.3) is 5.91 Å². The molecule has 0 spiro atoms. The number of carbonyl (C=O) groups excluding carboxylic acids is 1. The van der Waals surface area contributed by atoms with Crippen LogP contribution in [0.5, 0.6) is 5.75 Å². The van der Waals surface area contributed by atoms with E-state index in [0.717, 1.165) is 28.1 Å². The maximum Gasteiger partial charge on any atom is 0.265 e. The van der Waals surface area contributed by atoms with Crippen LogP contribution in [0.3, 0.4) is 0 Å². The Bertz CT molecular complexity index is 687. The van der Waals surface area contributed by atoms with E-state index in [1.165, 1.54) is 5.56 Å². The third-order valence-corrected chi connectivity index (χ3v) is 4.15. The van der Waals surface area contributed by atoms with Crippen LogP contribution in [-0.4, -0.2) is 12.0 Å². The van der Waals surface area contributed by atoms with Crippen LogP contribution >= 0.6 is 0 Å². The number of hydrogen-bond acceptors (Lipinski definition) is 2. The van der Waals surface area contributed by atoms with Crippen molar-refractivity contribution in [2.24, 2.45) is 0 Å². The fraction of sp³-hybridized carbons (Fsp3) is 0.350. The molecule has 1 atom stereocenters. The Labute approximate surface area is 138 Å². The summed E-state index contributed by atoms with van der Waals surface area (Å²) < 4.78 is 5.90. The van der Waals surface area contributed by atoms with E-state index in [-0.39, 0.29) is 5.91 Å². The van der Waals surface area contributed by atoms with Gasteiger partial charge in [0.2, 0.25) is 0 Å². The van der Waals surface area contributed by atoms with Gasteiger partial charge in [-0.3, -0.25) is 4.79 Å². The van der Waals surface area contributed by atoms with Crippen LogP contribution in [-0.2, 0) is 4.79 Å². The van der Waals surface area contributed by atoms with Crippen LogP contribution in [0.4, 0.5) is 5.69 Å². The van der Waals surface area contributed by atoms with Crippen LogP contribution in [0.25, 0.3) is 0 Å². The van der Waals surface area contributed by atoms with Crippen molar-refractivity contribution in [1.82, 2.24) is 0 Å². The molecular weight excluding hydrogens is 286 g/mol. The maximum absolute atomic E-state index is 12.6. The fourth-order valence-corrected chi connectivity index (χ4v) is 2.49. The van der Waals surface area contributed by atoms with Crippen molar-refractivity contribution in [3.05, 3.63) is 58.7 Å². The van der Waals surface area contributed by atoms with Gasteiger partial charge in [0, 0.05) is 5.69 Å². The van der Waals surface area contributed by atoms with Crippen LogP contribution < -0.4 is 10.1 Å². The highest BCUT2D eigenvalue weighted by molar-refractivity contribution is 5.95. The Kier molecular flexibility index (Phi) is 5.43. The summed E-state index contributed by atoms with van der Waals surface area (Å²) in [7, 11) is 0. The monoisotopic (exact) mass is 311 g/mol. The second-order valence-electron chi connectivity index (χ2n) is 6.02. The molecule has 0 fully saturated rings. The first-order chi connectivity index (χ1) is 10.9. The summed E-state index contributed by atoms with van der Waals surface area (Å²) in [5.41, 5.74) is 5.36. The zero-order valence-corrected chi connectivity index (χ0v) is 14.6. The van der Waals surface area contributed by atoms with Crippen molar-refractivity contribution in [1.29, 1.82) is 0 Å². The first-order valence-electron chi connectivity index (χ1n) is 8.03. The quantitative estimate of drug-likeness (QED) is 0.868. The lowest BCUT2D eigenvalue weighted by molar-refractivity contribution is -0.122. The Morgan fingerprint density at radius 1 is 1.00 bits per heavy atom. The van der Waals surface area contributed by atoms with E-state index in [1.54, 1.807) is 0 Å². The molecule has 0 saturated carbocycles. The van der Waals surface area contributed by atoms with E-state index in [0.29, 0.717) is 6.42 Å². The number of aryl methyl sites for hydroxylation is 4. The number of benzene rings is 2. The second kappa shape index (κ2) is 7.32. The number of carbonyl (C=O) groups is 1. The van der Waals surface area contributed by atoms with Gasteiger partial charge < -0.3 is 10.1 Å². The average Bonchev–Trinajstić information content (AvgIpc) is 2.52.